The first-order chi connectivity index (χ1) is 12.0. The number of carbonyl (C=O) groups is 2. The Morgan fingerprint density at radius 1 is 1.04 bits per heavy atom. The van der Waals surface area contributed by atoms with E-state index in [9.17, 15) is 9.59 Å². The fraction of sp³-hybridized carbons (Fsp3) is 0.176. The van der Waals surface area contributed by atoms with Crippen molar-refractivity contribution in [3.8, 4) is 5.75 Å². The van der Waals surface area contributed by atoms with Gasteiger partial charge in [0.25, 0.3) is 5.91 Å². The van der Waals surface area contributed by atoms with Gasteiger partial charge in [-0.25, -0.2) is 4.79 Å². The minimum absolute atomic E-state index is 0.228. The molecule has 0 bridgehead atoms. The van der Waals surface area contributed by atoms with Gasteiger partial charge in [0.15, 0.2) is 6.61 Å². The van der Waals surface area contributed by atoms with Crippen molar-refractivity contribution in [2.75, 3.05) is 23.8 Å². The maximum atomic E-state index is 12.0. The van der Waals surface area contributed by atoms with Gasteiger partial charge in [-0.3, -0.25) is 4.79 Å². The summed E-state index contributed by atoms with van der Waals surface area (Å²) in [5, 5.41) is 8.79. The highest BCUT2D eigenvalue weighted by atomic mass is 35.5. The Morgan fingerprint density at radius 2 is 1.76 bits per heavy atom. The molecule has 25 heavy (non-hydrogen) atoms. The molecule has 0 saturated heterocycles. The van der Waals surface area contributed by atoms with Crippen molar-refractivity contribution in [3.63, 3.8) is 0 Å². The molecule has 0 heterocycles. The molecule has 0 atom stereocenters. The summed E-state index contributed by atoms with van der Waals surface area (Å²) in [6.07, 6.45) is 0. The molecule has 3 N–H and O–H groups in total. The number of anilines is 2. The van der Waals surface area contributed by atoms with Gasteiger partial charge >= 0.3 is 6.03 Å². The summed E-state index contributed by atoms with van der Waals surface area (Å²) in [5.41, 5.74) is 1.09. The van der Waals surface area contributed by atoms with Crippen molar-refractivity contribution < 1.29 is 14.3 Å². The van der Waals surface area contributed by atoms with Crippen LogP contribution in [0.1, 0.15) is 6.92 Å². The van der Waals surface area contributed by atoms with Crippen LogP contribution in [-0.4, -0.2) is 25.1 Å². The van der Waals surface area contributed by atoms with E-state index in [4.69, 9.17) is 27.9 Å². The minimum atomic E-state index is -0.369. The molecule has 0 aromatic heterocycles. The van der Waals surface area contributed by atoms with E-state index in [1.165, 1.54) is 6.07 Å². The molecule has 2 rings (SSSR count). The van der Waals surface area contributed by atoms with Gasteiger partial charge in [0.2, 0.25) is 0 Å². The minimum Gasteiger partial charge on any atom is -0.482 e. The van der Waals surface area contributed by atoms with Crippen molar-refractivity contribution in [1.82, 2.24) is 5.32 Å². The lowest BCUT2D eigenvalue weighted by Gasteiger charge is -2.11. The van der Waals surface area contributed by atoms with Gasteiger partial charge in [-0.05, 0) is 37.3 Å². The molecular formula is C17H17Cl2N3O3. The van der Waals surface area contributed by atoms with Crippen LogP contribution < -0.4 is 20.7 Å². The van der Waals surface area contributed by atoms with Crippen LogP contribution in [0.4, 0.5) is 16.2 Å². The number of benzene rings is 2. The average molecular weight is 382 g/mol. The fourth-order valence-corrected chi connectivity index (χ4v) is 2.27. The molecule has 0 aliphatic heterocycles. The third-order valence-corrected chi connectivity index (χ3v) is 3.54. The fourth-order valence-electron chi connectivity index (χ4n) is 1.94. The molecule has 2 aromatic rings. The number of urea groups is 1. The normalized spacial score (nSPS) is 10.0. The quantitative estimate of drug-likeness (QED) is 0.702. The molecule has 0 radical (unpaired) electrons. The standard InChI is InChI=1S/C17H17Cl2N3O3/c1-2-20-17(24)22-13-5-3-4-12(9-13)21-16(23)10-25-15-8-11(18)6-7-14(15)19/h3-9H,2,10H2,1H3,(H,21,23)(H2,20,22,24). The molecular weight excluding hydrogens is 365 g/mol. The topological polar surface area (TPSA) is 79.5 Å². The maximum Gasteiger partial charge on any atom is 0.319 e. The number of hydrogen-bond donors (Lipinski definition) is 3. The van der Waals surface area contributed by atoms with Crippen molar-refractivity contribution in [2.45, 2.75) is 6.92 Å². The molecule has 8 heteroatoms. The van der Waals surface area contributed by atoms with Gasteiger partial charge in [0.05, 0.1) is 5.02 Å². The van der Waals surface area contributed by atoms with E-state index in [-0.39, 0.29) is 18.5 Å². The smallest absolute Gasteiger partial charge is 0.319 e. The number of ether oxygens (including phenoxy) is 1. The van der Waals surface area contributed by atoms with Crippen LogP contribution in [0.5, 0.6) is 5.75 Å². The van der Waals surface area contributed by atoms with Gasteiger partial charge < -0.3 is 20.7 Å². The van der Waals surface area contributed by atoms with Gasteiger partial charge in [0.1, 0.15) is 5.75 Å². The van der Waals surface area contributed by atoms with Crippen LogP contribution in [0.25, 0.3) is 0 Å². The zero-order chi connectivity index (χ0) is 18.2. The summed E-state index contributed by atoms with van der Waals surface area (Å²) >= 11 is 11.8. The monoisotopic (exact) mass is 381 g/mol. The predicted octanol–water partition coefficient (Wildman–Crippen LogP) is 4.15. The van der Waals surface area contributed by atoms with Gasteiger partial charge in [-0.15, -0.1) is 0 Å². The molecule has 0 saturated carbocycles. The molecule has 6 nitrogen and oxygen atoms in total. The van der Waals surface area contributed by atoms with E-state index >= 15 is 0 Å². The molecule has 132 valence electrons. The number of halogens is 2. The number of amides is 3. The van der Waals surface area contributed by atoms with Crippen LogP contribution in [0, 0.1) is 0 Å². The van der Waals surface area contributed by atoms with Crippen molar-refractivity contribution in [2.24, 2.45) is 0 Å². The van der Waals surface area contributed by atoms with E-state index in [0.29, 0.717) is 33.7 Å². The second-order valence-corrected chi connectivity index (χ2v) is 5.82. The zero-order valence-electron chi connectivity index (χ0n) is 13.4. The largest absolute Gasteiger partial charge is 0.482 e. The lowest BCUT2D eigenvalue weighted by molar-refractivity contribution is -0.118. The Labute approximate surface area is 155 Å². The van der Waals surface area contributed by atoms with Crippen LogP contribution in [0.3, 0.4) is 0 Å². The predicted molar refractivity (Wildman–Crippen MR) is 99.7 cm³/mol. The molecule has 0 spiro atoms. The first kappa shape index (κ1) is 18.9. The SMILES string of the molecule is CCNC(=O)Nc1cccc(NC(=O)COc2cc(Cl)ccc2Cl)c1. The lowest BCUT2D eigenvalue weighted by Crippen LogP contribution is -2.28. The Balaban J connectivity index is 1.92. The van der Waals surface area contributed by atoms with E-state index < -0.39 is 0 Å². The summed E-state index contributed by atoms with van der Waals surface area (Å²) in [7, 11) is 0. The van der Waals surface area contributed by atoms with Crippen LogP contribution in [0.2, 0.25) is 10.0 Å². The van der Waals surface area contributed by atoms with Crippen LogP contribution in [-0.2, 0) is 4.79 Å². The number of carbonyl (C=O) groups excluding carboxylic acids is 2. The molecule has 2 aromatic carbocycles. The van der Waals surface area contributed by atoms with Crippen molar-refractivity contribution >= 4 is 46.5 Å². The Bertz CT molecular complexity index is 769. The van der Waals surface area contributed by atoms with Gasteiger partial charge in [-0.2, -0.15) is 0 Å². The summed E-state index contributed by atoms with van der Waals surface area (Å²) in [6.45, 7) is 2.11. The van der Waals surface area contributed by atoms with Gasteiger partial charge in [0, 0.05) is 29.0 Å². The second-order valence-electron chi connectivity index (χ2n) is 4.98. The third kappa shape index (κ3) is 6.17. The Kier molecular flexibility index (Phi) is 6.91. The first-order valence-electron chi connectivity index (χ1n) is 7.50. The summed E-state index contributed by atoms with van der Waals surface area (Å²) in [5.74, 6) is -0.0397. The molecule has 0 aliphatic carbocycles. The highest BCUT2D eigenvalue weighted by Crippen LogP contribution is 2.27. The average Bonchev–Trinajstić information content (AvgIpc) is 2.56. The molecule has 3 amide bonds. The summed E-state index contributed by atoms with van der Waals surface area (Å²) in [4.78, 5) is 23.5. The number of rotatable bonds is 6. The van der Waals surface area contributed by atoms with E-state index in [1.807, 2.05) is 6.92 Å². The van der Waals surface area contributed by atoms with Crippen molar-refractivity contribution in [1.29, 1.82) is 0 Å². The molecule has 0 unspecified atom stereocenters. The number of hydrogen-bond acceptors (Lipinski definition) is 3. The van der Waals surface area contributed by atoms with Gasteiger partial charge in [-0.1, -0.05) is 29.3 Å². The van der Waals surface area contributed by atoms with Crippen LogP contribution in [0.15, 0.2) is 42.5 Å². The molecule has 0 fully saturated rings. The zero-order valence-corrected chi connectivity index (χ0v) is 14.9. The van der Waals surface area contributed by atoms with E-state index in [1.54, 1.807) is 36.4 Å². The van der Waals surface area contributed by atoms with E-state index in [2.05, 4.69) is 16.0 Å². The molecule has 0 aliphatic rings. The summed E-state index contributed by atoms with van der Waals surface area (Å²) in [6, 6.07) is 11.2. The Hall–Kier alpha value is -2.44. The number of nitrogens with one attached hydrogen (secondary N) is 3. The van der Waals surface area contributed by atoms with Crippen LogP contribution >= 0.6 is 23.2 Å². The lowest BCUT2D eigenvalue weighted by atomic mass is 10.2. The first-order valence-corrected chi connectivity index (χ1v) is 8.26. The Morgan fingerprint density at radius 3 is 2.48 bits per heavy atom. The third-order valence-electron chi connectivity index (χ3n) is 2.99. The second kappa shape index (κ2) is 9.15. The highest BCUT2D eigenvalue weighted by Gasteiger charge is 2.08. The van der Waals surface area contributed by atoms with Crippen molar-refractivity contribution in [3.05, 3.63) is 52.5 Å². The maximum absolute atomic E-state index is 12.0. The highest BCUT2D eigenvalue weighted by molar-refractivity contribution is 6.34. The van der Waals surface area contributed by atoms with E-state index in [0.717, 1.165) is 0 Å². The summed E-state index contributed by atoms with van der Waals surface area (Å²) < 4.78 is 5.37.